The highest BCUT2D eigenvalue weighted by Crippen LogP contribution is 2.40. The van der Waals surface area contributed by atoms with Crippen molar-refractivity contribution in [1.29, 1.82) is 0 Å². The lowest BCUT2D eigenvalue weighted by Gasteiger charge is -2.26. The third-order valence-corrected chi connectivity index (χ3v) is 11.7. The van der Waals surface area contributed by atoms with E-state index in [-0.39, 0.29) is 0 Å². The van der Waals surface area contributed by atoms with Crippen LogP contribution in [0.5, 0.6) is 0 Å². The Labute approximate surface area is 349 Å². The highest BCUT2D eigenvalue weighted by molar-refractivity contribution is 5.97. The smallest absolute Gasteiger partial charge is 0.135 e. The van der Waals surface area contributed by atoms with Gasteiger partial charge in [0.15, 0.2) is 0 Å². The van der Waals surface area contributed by atoms with Gasteiger partial charge in [-0.3, -0.25) is 0 Å². The van der Waals surface area contributed by atoms with E-state index in [0.717, 1.165) is 44.9 Å². The van der Waals surface area contributed by atoms with Gasteiger partial charge in [-0.15, -0.1) is 0 Å². The molecule has 0 fully saturated rings. The van der Waals surface area contributed by atoms with Crippen molar-refractivity contribution >= 4 is 49.6 Å². The first-order valence-electron chi connectivity index (χ1n) is 20.5. The first kappa shape index (κ1) is 35.2. The standard InChI is InChI=1S/C58H39NO/c1-2-10-40(11-3-1)42-26-31-52(32-27-42)59(53-33-28-43(29-34-53)41-20-22-45(23-21-41)56-18-9-14-44-12-4-6-17-55(44)56)54-35-30-48-36-47(24-25-49(48)38-54)46-15-8-16-50(37-46)58-39-51-13-5-7-19-57(51)60-58/h1-39H. The Bertz CT molecular complexity index is 3250. The van der Waals surface area contributed by atoms with Crippen LogP contribution >= 0.6 is 0 Å². The van der Waals surface area contributed by atoms with E-state index in [4.69, 9.17) is 4.42 Å². The average Bonchev–Trinajstić information content (AvgIpc) is 3.77. The van der Waals surface area contributed by atoms with E-state index in [1.807, 2.05) is 18.2 Å². The lowest BCUT2D eigenvalue weighted by Crippen LogP contribution is -2.09. The molecule has 0 atom stereocenters. The summed E-state index contributed by atoms with van der Waals surface area (Å²) in [6.45, 7) is 0. The van der Waals surface area contributed by atoms with E-state index in [1.165, 1.54) is 60.5 Å². The Morgan fingerprint density at radius 2 is 0.767 bits per heavy atom. The Morgan fingerprint density at radius 1 is 0.267 bits per heavy atom. The van der Waals surface area contributed by atoms with E-state index in [1.54, 1.807) is 0 Å². The first-order chi connectivity index (χ1) is 29.7. The normalized spacial score (nSPS) is 11.3. The fraction of sp³-hybridized carbons (Fsp3) is 0. The zero-order valence-electron chi connectivity index (χ0n) is 32.9. The summed E-state index contributed by atoms with van der Waals surface area (Å²) >= 11 is 0. The van der Waals surface area contributed by atoms with Crippen LogP contribution in [0.25, 0.3) is 88.3 Å². The van der Waals surface area contributed by atoms with Crippen LogP contribution in [0.2, 0.25) is 0 Å². The van der Waals surface area contributed by atoms with Crippen molar-refractivity contribution in [3.8, 4) is 55.8 Å². The van der Waals surface area contributed by atoms with Gasteiger partial charge in [0.2, 0.25) is 0 Å². The number of hydrogen-bond acceptors (Lipinski definition) is 2. The second-order valence-electron chi connectivity index (χ2n) is 15.4. The summed E-state index contributed by atoms with van der Waals surface area (Å²) in [5.74, 6) is 0.878. The molecular weight excluding hydrogens is 727 g/mol. The van der Waals surface area contributed by atoms with Gasteiger partial charge in [-0.1, -0.05) is 176 Å². The van der Waals surface area contributed by atoms with Gasteiger partial charge in [0.1, 0.15) is 11.3 Å². The predicted molar refractivity (Wildman–Crippen MR) is 253 cm³/mol. The number of nitrogens with zero attached hydrogens (tertiary/aromatic N) is 1. The molecule has 1 heterocycles. The van der Waals surface area contributed by atoms with Crippen LogP contribution in [0, 0.1) is 0 Å². The molecule has 0 aliphatic heterocycles. The maximum absolute atomic E-state index is 6.21. The summed E-state index contributed by atoms with van der Waals surface area (Å²) in [5.41, 5.74) is 14.8. The molecule has 282 valence electrons. The molecule has 0 saturated carbocycles. The minimum absolute atomic E-state index is 0.878. The van der Waals surface area contributed by atoms with Crippen LogP contribution in [0.1, 0.15) is 0 Å². The zero-order chi connectivity index (χ0) is 39.8. The maximum atomic E-state index is 6.21. The van der Waals surface area contributed by atoms with Crippen LogP contribution in [0.4, 0.5) is 17.1 Å². The van der Waals surface area contributed by atoms with E-state index >= 15 is 0 Å². The topological polar surface area (TPSA) is 16.4 Å². The Balaban J connectivity index is 0.922. The van der Waals surface area contributed by atoms with Crippen molar-refractivity contribution in [2.45, 2.75) is 0 Å². The van der Waals surface area contributed by atoms with Gasteiger partial charge < -0.3 is 9.32 Å². The number of furan rings is 1. The Morgan fingerprint density at radius 3 is 1.52 bits per heavy atom. The fourth-order valence-electron chi connectivity index (χ4n) is 8.53. The molecule has 0 radical (unpaired) electrons. The summed E-state index contributed by atoms with van der Waals surface area (Å²) in [4.78, 5) is 2.35. The van der Waals surface area contributed by atoms with Crippen LogP contribution in [-0.4, -0.2) is 0 Å². The molecule has 0 aliphatic rings. The fourth-order valence-corrected chi connectivity index (χ4v) is 8.53. The monoisotopic (exact) mass is 765 g/mol. The zero-order valence-corrected chi connectivity index (χ0v) is 32.9. The Kier molecular flexibility index (Phi) is 8.87. The molecule has 0 spiro atoms. The number of rotatable bonds is 8. The van der Waals surface area contributed by atoms with E-state index in [9.17, 15) is 0 Å². The lowest BCUT2D eigenvalue weighted by molar-refractivity contribution is 0.631. The minimum atomic E-state index is 0.878. The van der Waals surface area contributed by atoms with Gasteiger partial charge in [0.25, 0.3) is 0 Å². The average molecular weight is 766 g/mol. The molecule has 10 aromatic carbocycles. The Hall–Kier alpha value is -7.94. The van der Waals surface area contributed by atoms with Crippen molar-refractivity contribution in [2.75, 3.05) is 4.90 Å². The molecule has 11 aromatic rings. The number of anilines is 3. The van der Waals surface area contributed by atoms with Gasteiger partial charge in [-0.05, 0) is 127 Å². The second-order valence-corrected chi connectivity index (χ2v) is 15.4. The molecule has 1 aromatic heterocycles. The van der Waals surface area contributed by atoms with Gasteiger partial charge in [-0.2, -0.15) is 0 Å². The molecule has 2 heteroatoms. The third-order valence-electron chi connectivity index (χ3n) is 11.7. The molecule has 0 bridgehead atoms. The van der Waals surface area contributed by atoms with Crippen molar-refractivity contribution in [1.82, 2.24) is 0 Å². The molecular formula is C58H39NO. The lowest BCUT2D eigenvalue weighted by atomic mass is 9.96. The summed E-state index contributed by atoms with van der Waals surface area (Å²) in [7, 11) is 0. The van der Waals surface area contributed by atoms with Crippen LogP contribution in [0.3, 0.4) is 0 Å². The highest BCUT2D eigenvalue weighted by Gasteiger charge is 2.15. The van der Waals surface area contributed by atoms with E-state index < -0.39 is 0 Å². The third kappa shape index (κ3) is 6.70. The molecule has 0 N–H and O–H groups in total. The first-order valence-corrected chi connectivity index (χ1v) is 20.5. The molecule has 60 heavy (non-hydrogen) atoms. The highest BCUT2D eigenvalue weighted by atomic mass is 16.3. The maximum Gasteiger partial charge on any atom is 0.135 e. The summed E-state index contributed by atoms with van der Waals surface area (Å²) < 4.78 is 6.21. The van der Waals surface area contributed by atoms with Crippen LogP contribution in [0.15, 0.2) is 241 Å². The quantitative estimate of drug-likeness (QED) is 0.153. The molecule has 0 unspecified atom stereocenters. The summed E-state index contributed by atoms with van der Waals surface area (Å²) in [5, 5.41) is 6.00. The molecule has 11 rings (SSSR count). The van der Waals surface area contributed by atoms with E-state index in [0.29, 0.717) is 0 Å². The SMILES string of the molecule is c1ccc(-c2ccc(N(c3ccc(-c4ccc(-c5cccc6ccccc56)cc4)cc3)c3ccc4cc(-c5cccc(-c6cc7ccccc7o6)c5)ccc4c3)cc2)cc1. The molecule has 0 amide bonds. The molecule has 0 saturated heterocycles. The van der Waals surface area contributed by atoms with Crippen LogP contribution in [-0.2, 0) is 0 Å². The summed E-state index contributed by atoms with van der Waals surface area (Å²) in [6, 6.07) is 84.9. The largest absolute Gasteiger partial charge is 0.456 e. The second kappa shape index (κ2) is 15.1. The number of hydrogen-bond donors (Lipinski definition) is 0. The minimum Gasteiger partial charge on any atom is -0.456 e. The van der Waals surface area contributed by atoms with Gasteiger partial charge in [-0.25, -0.2) is 0 Å². The van der Waals surface area contributed by atoms with Crippen LogP contribution < -0.4 is 4.90 Å². The molecule has 0 aliphatic carbocycles. The van der Waals surface area contributed by atoms with Gasteiger partial charge in [0.05, 0.1) is 0 Å². The number of para-hydroxylation sites is 1. The van der Waals surface area contributed by atoms with Crippen molar-refractivity contribution in [2.24, 2.45) is 0 Å². The predicted octanol–water partition coefficient (Wildman–Crippen LogP) is 16.5. The van der Waals surface area contributed by atoms with E-state index in [2.05, 4.69) is 223 Å². The molecule has 2 nitrogen and oxygen atoms in total. The van der Waals surface area contributed by atoms with Gasteiger partial charge >= 0.3 is 0 Å². The number of benzene rings is 10. The number of fused-ring (bicyclic) bond motifs is 3. The van der Waals surface area contributed by atoms with Crippen molar-refractivity contribution < 1.29 is 4.42 Å². The van der Waals surface area contributed by atoms with Crippen molar-refractivity contribution in [3.05, 3.63) is 237 Å². The van der Waals surface area contributed by atoms with Crippen molar-refractivity contribution in [3.63, 3.8) is 0 Å². The van der Waals surface area contributed by atoms with Gasteiger partial charge in [0, 0.05) is 28.0 Å². The summed E-state index contributed by atoms with van der Waals surface area (Å²) in [6.07, 6.45) is 0.